The van der Waals surface area contributed by atoms with E-state index in [4.69, 9.17) is 4.74 Å². The second-order valence-electron chi connectivity index (χ2n) is 3.25. The van der Waals surface area contributed by atoms with Crippen LogP contribution in [-0.2, 0) is 6.54 Å². The second-order valence-corrected chi connectivity index (χ2v) is 3.25. The van der Waals surface area contributed by atoms with Crippen LogP contribution in [0.2, 0.25) is 0 Å². The van der Waals surface area contributed by atoms with Crippen LogP contribution in [0.1, 0.15) is 12.5 Å². The number of hydrogen-bond acceptors (Lipinski definition) is 2. The van der Waals surface area contributed by atoms with Crippen LogP contribution in [0.5, 0.6) is 5.75 Å². The summed E-state index contributed by atoms with van der Waals surface area (Å²) in [6.45, 7) is 0.985. The van der Waals surface area contributed by atoms with E-state index in [1.54, 1.807) is 24.3 Å². The summed E-state index contributed by atoms with van der Waals surface area (Å²) in [6, 6.07) is 6.75. The van der Waals surface area contributed by atoms with E-state index < -0.39 is 11.9 Å². The van der Waals surface area contributed by atoms with Crippen LogP contribution in [0.15, 0.2) is 29.3 Å². The van der Waals surface area contributed by atoms with E-state index in [1.807, 2.05) is 0 Å². The van der Waals surface area contributed by atoms with Crippen LogP contribution >= 0.6 is 0 Å². The highest BCUT2D eigenvalue weighted by Gasteiger charge is 2.31. The molecule has 0 spiro atoms. The molecule has 5 heteroatoms. The van der Waals surface area contributed by atoms with Gasteiger partial charge in [0.25, 0.3) is 0 Å². The van der Waals surface area contributed by atoms with Gasteiger partial charge in [-0.3, -0.25) is 4.99 Å². The Morgan fingerprint density at radius 3 is 2.25 bits per heavy atom. The Kier molecular flexibility index (Phi) is 3.93. The van der Waals surface area contributed by atoms with E-state index in [0.717, 1.165) is 6.92 Å². The first-order valence-electron chi connectivity index (χ1n) is 4.64. The summed E-state index contributed by atoms with van der Waals surface area (Å²) in [4.78, 5) is 3.47. The molecular weight excluding hydrogens is 219 g/mol. The molecule has 0 N–H and O–H groups in total. The minimum Gasteiger partial charge on any atom is -0.497 e. The summed E-state index contributed by atoms with van der Waals surface area (Å²) >= 11 is 0. The zero-order valence-corrected chi connectivity index (χ0v) is 9.01. The van der Waals surface area contributed by atoms with Gasteiger partial charge in [-0.25, -0.2) is 0 Å². The number of aliphatic imine (C=N–C) groups is 1. The summed E-state index contributed by atoms with van der Waals surface area (Å²) in [7, 11) is 1.53. The van der Waals surface area contributed by atoms with Crippen molar-refractivity contribution in [3.8, 4) is 5.75 Å². The van der Waals surface area contributed by atoms with E-state index in [9.17, 15) is 13.2 Å². The summed E-state index contributed by atoms with van der Waals surface area (Å²) in [5, 5.41) is 0. The van der Waals surface area contributed by atoms with Gasteiger partial charge in [0.2, 0.25) is 0 Å². The van der Waals surface area contributed by atoms with E-state index in [2.05, 4.69) is 4.99 Å². The Balaban J connectivity index is 2.67. The normalized spacial score (nSPS) is 12.7. The number of benzene rings is 1. The summed E-state index contributed by atoms with van der Waals surface area (Å²) in [5.41, 5.74) is -0.104. The molecule has 2 nitrogen and oxygen atoms in total. The molecule has 1 rings (SSSR count). The third-order valence-electron chi connectivity index (χ3n) is 2.07. The average Bonchev–Trinajstić information content (AvgIpc) is 2.25. The fraction of sp³-hybridized carbons (Fsp3) is 0.364. The third kappa shape index (κ3) is 3.56. The first kappa shape index (κ1) is 12.5. The minimum atomic E-state index is -4.34. The van der Waals surface area contributed by atoms with Crippen molar-refractivity contribution in [1.29, 1.82) is 0 Å². The van der Waals surface area contributed by atoms with Crippen molar-refractivity contribution in [3.05, 3.63) is 29.8 Å². The van der Waals surface area contributed by atoms with E-state index in [1.165, 1.54) is 7.11 Å². The lowest BCUT2D eigenvalue weighted by atomic mass is 10.2. The van der Waals surface area contributed by atoms with Crippen molar-refractivity contribution in [2.45, 2.75) is 19.6 Å². The van der Waals surface area contributed by atoms with Crippen molar-refractivity contribution in [2.75, 3.05) is 7.11 Å². The van der Waals surface area contributed by atoms with E-state index in [-0.39, 0.29) is 6.54 Å². The number of ether oxygens (including phenoxy) is 1. The maximum atomic E-state index is 12.1. The summed E-state index contributed by atoms with van der Waals surface area (Å²) in [6.07, 6.45) is -4.34. The van der Waals surface area contributed by atoms with Crippen molar-refractivity contribution < 1.29 is 17.9 Å². The van der Waals surface area contributed by atoms with Gasteiger partial charge < -0.3 is 4.74 Å². The molecule has 0 aromatic heterocycles. The lowest BCUT2D eigenvalue weighted by Crippen LogP contribution is -2.19. The first-order chi connectivity index (χ1) is 7.43. The quantitative estimate of drug-likeness (QED) is 0.732. The zero-order valence-electron chi connectivity index (χ0n) is 9.01. The largest absolute Gasteiger partial charge is 0.497 e. The van der Waals surface area contributed by atoms with Gasteiger partial charge in [-0.05, 0) is 24.6 Å². The summed E-state index contributed by atoms with van der Waals surface area (Å²) < 4.78 is 41.3. The van der Waals surface area contributed by atoms with Gasteiger partial charge in [-0.2, -0.15) is 13.2 Å². The Hall–Kier alpha value is -1.52. The van der Waals surface area contributed by atoms with Gasteiger partial charge in [0.15, 0.2) is 0 Å². The Bertz CT molecular complexity index is 368. The van der Waals surface area contributed by atoms with Crippen LogP contribution in [-0.4, -0.2) is 19.0 Å². The molecule has 0 saturated heterocycles. The molecule has 0 radical (unpaired) electrons. The third-order valence-corrected chi connectivity index (χ3v) is 2.07. The van der Waals surface area contributed by atoms with Crippen LogP contribution in [0.25, 0.3) is 0 Å². The second kappa shape index (κ2) is 5.01. The summed E-state index contributed by atoms with van der Waals surface area (Å²) in [5.74, 6) is 0.667. The zero-order chi connectivity index (χ0) is 12.2. The molecule has 0 bridgehead atoms. The number of hydrogen-bond donors (Lipinski definition) is 0. The van der Waals surface area contributed by atoms with Crippen molar-refractivity contribution >= 4 is 5.71 Å². The number of rotatable bonds is 3. The van der Waals surface area contributed by atoms with Crippen LogP contribution in [0.3, 0.4) is 0 Å². The molecular formula is C11H12F3NO. The highest BCUT2D eigenvalue weighted by Crippen LogP contribution is 2.18. The monoisotopic (exact) mass is 231 g/mol. The van der Waals surface area contributed by atoms with E-state index >= 15 is 0 Å². The molecule has 1 aromatic carbocycles. The maximum absolute atomic E-state index is 12.1. The molecule has 1 aromatic rings. The lowest BCUT2D eigenvalue weighted by molar-refractivity contribution is -0.0594. The lowest BCUT2D eigenvalue weighted by Gasteiger charge is -2.05. The molecule has 0 atom stereocenters. The van der Waals surface area contributed by atoms with Crippen LogP contribution in [0, 0.1) is 0 Å². The highest BCUT2D eigenvalue weighted by atomic mass is 19.4. The molecule has 0 aliphatic heterocycles. The van der Waals surface area contributed by atoms with Crippen molar-refractivity contribution in [2.24, 2.45) is 4.99 Å². The molecule has 0 aliphatic carbocycles. The fourth-order valence-corrected chi connectivity index (χ4v) is 1.03. The number of alkyl halides is 3. The molecule has 0 unspecified atom stereocenters. The molecule has 16 heavy (non-hydrogen) atoms. The topological polar surface area (TPSA) is 21.6 Å². The maximum Gasteiger partial charge on any atom is 0.428 e. The molecule has 0 fully saturated rings. The first-order valence-corrected chi connectivity index (χ1v) is 4.64. The Morgan fingerprint density at radius 1 is 1.25 bits per heavy atom. The molecule has 0 heterocycles. The van der Waals surface area contributed by atoms with Crippen LogP contribution < -0.4 is 4.74 Å². The number of methoxy groups -OCH3 is 1. The smallest absolute Gasteiger partial charge is 0.428 e. The molecule has 0 saturated carbocycles. The predicted octanol–water partition coefficient (Wildman–Crippen LogP) is 3.22. The minimum absolute atomic E-state index is 0.0232. The van der Waals surface area contributed by atoms with Crippen molar-refractivity contribution in [1.82, 2.24) is 0 Å². The highest BCUT2D eigenvalue weighted by molar-refractivity contribution is 5.87. The van der Waals surface area contributed by atoms with E-state index in [0.29, 0.717) is 11.3 Å². The van der Waals surface area contributed by atoms with Crippen LogP contribution in [0.4, 0.5) is 13.2 Å². The Morgan fingerprint density at radius 2 is 1.81 bits per heavy atom. The number of nitrogens with zero attached hydrogens (tertiary/aromatic N) is 1. The molecule has 0 aliphatic rings. The van der Waals surface area contributed by atoms with Gasteiger partial charge >= 0.3 is 6.18 Å². The number of halogens is 3. The van der Waals surface area contributed by atoms with Gasteiger partial charge in [0.1, 0.15) is 11.5 Å². The van der Waals surface area contributed by atoms with Crippen molar-refractivity contribution in [3.63, 3.8) is 0 Å². The molecule has 88 valence electrons. The van der Waals surface area contributed by atoms with Gasteiger partial charge in [-0.1, -0.05) is 12.1 Å². The molecule has 0 amide bonds. The predicted molar refractivity (Wildman–Crippen MR) is 55.9 cm³/mol. The van der Waals surface area contributed by atoms with Gasteiger partial charge in [0.05, 0.1) is 13.7 Å². The van der Waals surface area contributed by atoms with Gasteiger partial charge in [-0.15, -0.1) is 0 Å². The Labute approximate surface area is 91.8 Å². The van der Waals surface area contributed by atoms with Gasteiger partial charge in [0, 0.05) is 0 Å². The standard InChI is InChI=1S/C11H12F3NO/c1-8(11(12,13)14)15-7-9-3-5-10(16-2)6-4-9/h3-6H,7H2,1-2H3. The SMILES string of the molecule is COc1ccc(CN=C(C)C(F)(F)F)cc1. The average molecular weight is 231 g/mol. The fourth-order valence-electron chi connectivity index (χ4n) is 1.03.